The molecule has 4 heteroatoms. The molecule has 1 atom stereocenters. The van der Waals surface area contributed by atoms with Gasteiger partial charge < -0.3 is 5.32 Å². The van der Waals surface area contributed by atoms with Crippen molar-refractivity contribution < 1.29 is 0 Å². The summed E-state index contributed by atoms with van der Waals surface area (Å²) in [6.07, 6.45) is 3.37. The molecule has 1 aromatic carbocycles. The number of nitrogens with zero attached hydrogens (tertiary/aromatic N) is 2. The molecule has 100 valence electrons. The van der Waals surface area contributed by atoms with Gasteiger partial charge in [0.15, 0.2) is 0 Å². The average molecular weight is 273 g/mol. The van der Waals surface area contributed by atoms with Crippen molar-refractivity contribution in [3.63, 3.8) is 0 Å². The van der Waals surface area contributed by atoms with E-state index in [0.717, 1.165) is 10.8 Å². The number of thioether (sulfide) groups is 1. The topological polar surface area (TPSA) is 37.8 Å². The van der Waals surface area contributed by atoms with E-state index >= 15 is 0 Å². The highest BCUT2D eigenvalue weighted by Gasteiger charge is 2.12. The zero-order valence-corrected chi connectivity index (χ0v) is 12.4. The third kappa shape index (κ3) is 3.78. The fourth-order valence-electron chi connectivity index (χ4n) is 2.00. The van der Waals surface area contributed by atoms with Crippen molar-refractivity contribution in [1.29, 1.82) is 0 Å². The number of benzene rings is 1. The standard InChI is InChI=1S/C15H19N3S/c1-11-4-5-12(2)13(8-11)14(16-3)9-19-15-6-7-17-10-18-15/h4-8,10,14,16H,9H2,1-3H3. The van der Waals surface area contributed by atoms with Gasteiger partial charge in [0.05, 0.1) is 5.03 Å². The average Bonchev–Trinajstić information content (AvgIpc) is 2.44. The first-order valence-electron chi connectivity index (χ1n) is 6.34. The molecule has 0 radical (unpaired) electrons. The summed E-state index contributed by atoms with van der Waals surface area (Å²) in [5.41, 5.74) is 3.99. The number of hydrogen-bond acceptors (Lipinski definition) is 4. The van der Waals surface area contributed by atoms with Crippen LogP contribution in [-0.4, -0.2) is 22.8 Å². The van der Waals surface area contributed by atoms with E-state index in [1.165, 1.54) is 16.7 Å². The van der Waals surface area contributed by atoms with E-state index in [2.05, 4.69) is 47.3 Å². The van der Waals surface area contributed by atoms with Gasteiger partial charge in [-0.15, -0.1) is 11.8 Å². The Morgan fingerprint density at radius 1 is 1.26 bits per heavy atom. The summed E-state index contributed by atoms with van der Waals surface area (Å²) in [6, 6.07) is 8.88. The van der Waals surface area contributed by atoms with Crippen LogP contribution < -0.4 is 5.32 Å². The SMILES string of the molecule is CNC(CSc1ccncn1)c1cc(C)ccc1C. The van der Waals surface area contributed by atoms with Gasteiger partial charge in [-0.2, -0.15) is 0 Å². The zero-order valence-electron chi connectivity index (χ0n) is 11.6. The zero-order chi connectivity index (χ0) is 13.7. The lowest BCUT2D eigenvalue weighted by Gasteiger charge is -2.19. The van der Waals surface area contributed by atoms with E-state index in [1.54, 1.807) is 24.3 Å². The van der Waals surface area contributed by atoms with Gasteiger partial charge in [-0.25, -0.2) is 9.97 Å². The van der Waals surface area contributed by atoms with E-state index in [9.17, 15) is 0 Å². The van der Waals surface area contributed by atoms with E-state index < -0.39 is 0 Å². The van der Waals surface area contributed by atoms with Crippen molar-refractivity contribution >= 4 is 11.8 Å². The molecule has 0 spiro atoms. The van der Waals surface area contributed by atoms with Crippen molar-refractivity contribution in [2.75, 3.05) is 12.8 Å². The van der Waals surface area contributed by atoms with Crippen LogP contribution in [-0.2, 0) is 0 Å². The minimum atomic E-state index is 0.333. The van der Waals surface area contributed by atoms with Crippen molar-refractivity contribution in [2.24, 2.45) is 0 Å². The van der Waals surface area contributed by atoms with Crippen LogP contribution in [0.25, 0.3) is 0 Å². The molecule has 0 fully saturated rings. The van der Waals surface area contributed by atoms with Crippen molar-refractivity contribution in [3.05, 3.63) is 53.5 Å². The number of nitrogens with one attached hydrogen (secondary N) is 1. The first-order valence-corrected chi connectivity index (χ1v) is 7.32. The van der Waals surface area contributed by atoms with Crippen LogP contribution in [0.4, 0.5) is 0 Å². The highest BCUT2D eigenvalue weighted by atomic mass is 32.2. The highest BCUT2D eigenvalue weighted by molar-refractivity contribution is 7.99. The Bertz CT molecular complexity index is 528. The smallest absolute Gasteiger partial charge is 0.116 e. The summed E-state index contributed by atoms with van der Waals surface area (Å²) in [5.74, 6) is 0.956. The van der Waals surface area contributed by atoms with Crippen LogP contribution in [0.1, 0.15) is 22.7 Å². The molecule has 1 unspecified atom stereocenters. The Morgan fingerprint density at radius 2 is 2.11 bits per heavy atom. The molecule has 1 heterocycles. The largest absolute Gasteiger partial charge is 0.312 e. The van der Waals surface area contributed by atoms with E-state index in [4.69, 9.17) is 0 Å². The molecule has 19 heavy (non-hydrogen) atoms. The Balaban J connectivity index is 2.10. The molecule has 3 nitrogen and oxygen atoms in total. The van der Waals surface area contributed by atoms with E-state index in [-0.39, 0.29) is 0 Å². The van der Waals surface area contributed by atoms with Crippen LogP contribution >= 0.6 is 11.8 Å². The second-order valence-corrected chi connectivity index (χ2v) is 5.60. The van der Waals surface area contributed by atoms with E-state index in [1.807, 2.05) is 13.1 Å². The second kappa shape index (κ2) is 6.68. The first kappa shape index (κ1) is 14.0. The molecule has 0 aliphatic heterocycles. The quantitative estimate of drug-likeness (QED) is 0.671. The molecule has 0 aliphatic carbocycles. The molecule has 0 aliphatic rings. The van der Waals surface area contributed by atoms with Gasteiger partial charge in [0, 0.05) is 18.0 Å². The normalized spacial score (nSPS) is 12.4. The summed E-state index contributed by atoms with van der Waals surface area (Å²) in [6.45, 7) is 4.29. The maximum atomic E-state index is 4.24. The predicted molar refractivity (Wildman–Crippen MR) is 80.5 cm³/mol. The molecule has 2 aromatic rings. The Hall–Kier alpha value is -1.39. The van der Waals surface area contributed by atoms with Crippen molar-refractivity contribution in [3.8, 4) is 0 Å². The van der Waals surface area contributed by atoms with Crippen LogP contribution in [0.15, 0.2) is 41.8 Å². The van der Waals surface area contributed by atoms with Gasteiger partial charge in [0.1, 0.15) is 6.33 Å². The van der Waals surface area contributed by atoms with Gasteiger partial charge in [0.2, 0.25) is 0 Å². The van der Waals surface area contributed by atoms with Crippen LogP contribution in [0.3, 0.4) is 0 Å². The first-order chi connectivity index (χ1) is 9.20. The molecule has 1 N–H and O–H groups in total. The van der Waals surface area contributed by atoms with Crippen molar-refractivity contribution in [1.82, 2.24) is 15.3 Å². The summed E-state index contributed by atoms with van der Waals surface area (Å²) in [5, 5.41) is 4.41. The lowest BCUT2D eigenvalue weighted by atomic mass is 10.0. The lowest BCUT2D eigenvalue weighted by Crippen LogP contribution is -2.20. The maximum Gasteiger partial charge on any atom is 0.116 e. The Labute approximate surface area is 118 Å². The van der Waals surface area contributed by atoms with Gasteiger partial charge in [-0.3, -0.25) is 0 Å². The fourth-order valence-corrected chi connectivity index (χ4v) is 2.96. The number of rotatable bonds is 5. The van der Waals surface area contributed by atoms with E-state index in [0.29, 0.717) is 6.04 Å². The number of aryl methyl sites for hydroxylation is 2. The van der Waals surface area contributed by atoms with Crippen LogP contribution in [0.2, 0.25) is 0 Å². The molecular formula is C15H19N3S. The summed E-state index contributed by atoms with van der Waals surface area (Å²) in [4.78, 5) is 8.18. The van der Waals surface area contributed by atoms with Gasteiger partial charge in [-0.1, -0.05) is 23.8 Å². The molecule has 2 rings (SSSR count). The number of aromatic nitrogens is 2. The Morgan fingerprint density at radius 3 is 2.79 bits per heavy atom. The van der Waals surface area contributed by atoms with Crippen LogP contribution in [0, 0.1) is 13.8 Å². The third-order valence-corrected chi connectivity index (χ3v) is 4.15. The summed E-state index contributed by atoms with van der Waals surface area (Å²) < 4.78 is 0. The third-order valence-electron chi connectivity index (χ3n) is 3.11. The van der Waals surface area contributed by atoms with Crippen molar-refractivity contribution in [2.45, 2.75) is 24.9 Å². The van der Waals surface area contributed by atoms with Gasteiger partial charge >= 0.3 is 0 Å². The second-order valence-electron chi connectivity index (χ2n) is 4.56. The maximum absolute atomic E-state index is 4.24. The minimum Gasteiger partial charge on any atom is -0.312 e. The van der Waals surface area contributed by atoms with Gasteiger partial charge in [0.25, 0.3) is 0 Å². The molecule has 0 bridgehead atoms. The van der Waals surface area contributed by atoms with Crippen LogP contribution in [0.5, 0.6) is 0 Å². The van der Waals surface area contributed by atoms with Gasteiger partial charge in [-0.05, 0) is 38.1 Å². The molecular weight excluding hydrogens is 254 g/mol. The summed E-state index contributed by atoms with van der Waals surface area (Å²) in [7, 11) is 2.01. The lowest BCUT2D eigenvalue weighted by molar-refractivity contribution is 0.657. The minimum absolute atomic E-state index is 0.333. The summed E-state index contributed by atoms with van der Waals surface area (Å²) >= 11 is 1.75. The molecule has 0 saturated heterocycles. The predicted octanol–water partition coefficient (Wildman–Crippen LogP) is 3.15. The number of hydrogen-bond donors (Lipinski definition) is 1. The molecule has 0 saturated carbocycles. The molecule has 1 aromatic heterocycles. The molecule has 0 amide bonds. The monoisotopic (exact) mass is 273 g/mol. The highest BCUT2D eigenvalue weighted by Crippen LogP contribution is 2.25. The Kier molecular flexibility index (Phi) is 4.93. The fraction of sp³-hybridized carbons (Fsp3) is 0.333.